The molecule has 1 amide bonds. The molecule has 0 saturated carbocycles. The molecular formula is C24H21F3N2O2. The van der Waals surface area contributed by atoms with Gasteiger partial charge < -0.3 is 9.64 Å². The topological polar surface area (TPSA) is 42.4 Å². The number of rotatable bonds is 5. The number of amides is 1. The normalized spacial score (nSPS) is 13.6. The van der Waals surface area contributed by atoms with Crippen molar-refractivity contribution in [1.29, 1.82) is 0 Å². The molecule has 0 radical (unpaired) electrons. The van der Waals surface area contributed by atoms with Crippen molar-refractivity contribution < 1.29 is 22.7 Å². The van der Waals surface area contributed by atoms with Gasteiger partial charge in [-0.05, 0) is 42.2 Å². The molecule has 1 aliphatic heterocycles. The van der Waals surface area contributed by atoms with Crippen molar-refractivity contribution in [3.8, 4) is 5.75 Å². The highest BCUT2D eigenvalue weighted by atomic mass is 19.4. The van der Waals surface area contributed by atoms with Crippen LogP contribution in [0.15, 0.2) is 43.1 Å². The fourth-order valence-corrected chi connectivity index (χ4v) is 4.07. The van der Waals surface area contributed by atoms with Crippen molar-refractivity contribution in [2.75, 3.05) is 11.5 Å². The van der Waals surface area contributed by atoms with Crippen molar-refractivity contribution in [2.45, 2.75) is 33.0 Å². The third kappa shape index (κ3) is 3.65. The second-order valence-corrected chi connectivity index (χ2v) is 7.47. The van der Waals surface area contributed by atoms with Gasteiger partial charge in [0, 0.05) is 22.8 Å². The second-order valence-electron chi connectivity index (χ2n) is 7.47. The number of hydrogen-bond donors (Lipinski definition) is 0. The molecule has 0 fully saturated rings. The van der Waals surface area contributed by atoms with E-state index in [9.17, 15) is 18.0 Å². The maximum absolute atomic E-state index is 13.5. The van der Waals surface area contributed by atoms with Gasteiger partial charge in [0.25, 0.3) is 5.91 Å². The number of ether oxygens (including phenoxy) is 1. The molecule has 160 valence electrons. The minimum absolute atomic E-state index is 0.00722. The molecule has 2 aromatic carbocycles. The molecule has 0 saturated heterocycles. The van der Waals surface area contributed by atoms with Gasteiger partial charge in [0.15, 0.2) is 12.4 Å². The van der Waals surface area contributed by atoms with Gasteiger partial charge >= 0.3 is 6.18 Å². The average molecular weight is 426 g/mol. The van der Waals surface area contributed by atoms with Gasteiger partial charge in [-0.2, -0.15) is 13.2 Å². The van der Waals surface area contributed by atoms with Crippen LogP contribution in [0.2, 0.25) is 0 Å². The van der Waals surface area contributed by atoms with E-state index in [1.807, 2.05) is 32.0 Å². The molecule has 0 aliphatic carbocycles. The number of carbonyl (C=O) groups is 1. The highest BCUT2D eigenvalue weighted by Crippen LogP contribution is 2.43. The molecular weight excluding hydrogens is 405 g/mol. The summed E-state index contributed by atoms with van der Waals surface area (Å²) in [6, 6.07) is 9.21. The first kappa shape index (κ1) is 20.9. The number of carbonyl (C=O) groups excluding carboxylic acids is 1. The fourth-order valence-electron chi connectivity index (χ4n) is 4.07. The molecule has 7 heteroatoms. The molecule has 0 atom stereocenters. The lowest BCUT2D eigenvalue weighted by Gasteiger charge is -2.19. The maximum Gasteiger partial charge on any atom is 0.422 e. The Labute approximate surface area is 178 Å². The fraction of sp³-hybridized carbons (Fsp3) is 0.250. The van der Waals surface area contributed by atoms with E-state index in [4.69, 9.17) is 4.74 Å². The lowest BCUT2D eigenvalue weighted by molar-refractivity contribution is -0.153. The van der Waals surface area contributed by atoms with Gasteiger partial charge in [0.1, 0.15) is 5.52 Å². The Balaban J connectivity index is 1.90. The summed E-state index contributed by atoms with van der Waals surface area (Å²) in [7, 11) is 0. The predicted octanol–water partition coefficient (Wildman–Crippen LogP) is 5.85. The summed E-state index contributed by atoms with van der Waals surface area (Å²) in [4.78, 5) is 19.3. The number of halogens is 3. The zero-order valence-corrected chi connectivity index (χ0v) is 17.2. The van der Waals surface area contributed by atoms with Crippen molar-refractivity contribution in [3.63, 3.8) is 0 Å². The second kappa shape index (κ2) is 7.72. The van der Waals surface area contributed by atoms with E-state index in [2.05, 4.69) is 11.6 Å². The minimum atomic E-state index is -4.51. The standard InChI is InChI=1S/C24H21F3N2O2/c1-4-15-8-9-19(14(3)11-15)29-12-18-20(23(29)30)16(5-2)17-7-6-10-28-21(17)22(18)31-13-24(25,26)27/h5-11H,2,4,12-13H2,1,3H3. The van der Waals surface area contributed by atoms with Gasteiger partial charge in [-0.15, -0.1) is 0 Å². The minimum Gasteiger partial charge on any atom is -0.481 e. The molecule has 3 aromatic rings. The van der Waals surface area contributed by atoms with Crippen molar-refractivity contribution in [1.82, 2.24) is 4.98 Å². The van der Waals surface area contributed by atoms with Crippen LogP contribution in [0.1, 0.15) is 39.5 Å². The van der Waals surface area contributed by atoms with E-state index in [1.165, 1.54) is 6.20 Å². The Morgan fingerprint density at radius 2 is 2.06 bits per heavy atom. The van der Waals surface area contributed by atoms with Crippen LogP contribution >= 0.6 is 0 Å². The van der Waals surface area contributed by atoms with Gasteiger partial charge in [-0.1, -0.05) is 37.8 Å². The summed E-state index contributed by atoms with van der Waals surface area (Å²) in [5, 5.41) is 0.529. The summed E-state index contributed by atoms with van der Waals surface area (Å²) in [5.74, 6) is -0.299. The first-order chi connectivity index (χ1) is 14.7. The number of fused-ring (bicyclic) bond motifs is 2. The zero-order chi connectivity index (χ0) is 22.3. The van der Waals surface area contributed by atoms with E-state index < -0.39 is 12.8 Å². The highest BCUT2D eigenvalue weighted by molar-refractivity contribution is 6.17. The molecule has 1 aromatic heterocycles. The van der Waals surface area contributed by atoms with Gasteiger partial charge in [0.05, 0.1) is 12.1 Å². The number of aromatic nitrogens is 1. The summed E-state index contributed by atoms with van der Waals surface area (Å²) >= 11 is 0. The Bertz CT molecular complexity index is 1200. The molecule has 4 rings (SSSR count). The first-order valence-electron chi connectivity index (χ1n) is 9.92. The smallest absolute Gasteiger partial charge is 0.422 e. The quantitative estimate of drug-likeness (QED) is 0.514. The third-order valence-corrected chi connectivity index (χ3v) is 5.48. The van der Waals surface area contributed by atoms with E-state index in [0.717, 1.165) is 17.5 Å². The van der Waals surface area contributed by atoms with Crippen molar-refractivity contribution >= 4 is 28.6 Å². The summed E-state index contributed by atoms with van der Waals surface area (Å²) in [6.07, 6.45) is -0.614. The first-order valence-corrected chi connectivity index (χ1v) is 9.92. The van der Waals surface area contributed by atoms with Crippen molar-refractivity contribution in [2.24, 2.45) is 0 Å². The van der Waals surface area contributed by atoms with E-state index in [0.29, 0.717) is 27.8 Å². The molecule has 0 bridgehead atoms. The Kier molecular flexibility index (Phi) is 5.21. The lowest BCUT2D eigenvalue weighted by Crippen LogP contribution is -2.24. The molecule has 0 unspecified atom stereocenters. The van der Waals surface area contributed by atoms with Gasteiger partial charge in [-0.25, -0.2) is 0 Å². The SMILES string of the molecule is C=Cc1c2c(c(OCC(F)(F)F)c3ncccc13)CN(c1ccc(CC)cc1C)C2=O. The molecule has 2 heterocycles. The number of nitrogens with zero attached hydrogens (tertiary/aromatic N) is 2. The van der Waals surface area contributed by atoms with Gasteiger partial charge in [0.2, 0.25) is 0 Å². The maximum atomic E-state index is 13.5. The highest BCUT2D eigenvalue weighted by Gasteiger charge is 2.37. The number of benzene rings is 2. The summed E-state index contributed by atoms with van der Waals surface area (Å²) in [6.45, 7) is 6.42. The number of hydrogen-bond acceptors (Lipinski definition) is 3. The van der Waals surface area contributed by atoms with E-state index in [-0.39, 0.29) is 23.7 Å². The van der Waals surface area contributed by atoms with E-state index >= 15 is 0 Å². The molecule has 31 heavy (non-hydrogen) atoms. The molecule has 1 aliphatic rings. The average Bonchev–Trinajstić information content (AvgIpc) is 3.07. The molecule has 0 spiro atoms. The van der Waals surface area contributed by atoms with Crippen molar-refractivity contribution in [3.05, 3.63) is 70.9 Å². The Morgan fingerprint density at radius 1 is 1.29 bits per heavy atom. The van der Waals surface area contributed by atoms with Crippen LogP contribution < -0.4 is 9.64 Å². The van der Waals surface area contributed by atoms with Crippen LogP contribution in [0.4, 0.5) is 18.9 Å². The third-order valence-electron chi connectivity index (χ3n) is 5.48. The van der Waals surface area contributed by atoms with Crippen LogP contribution in [-0.4, -0.2) is 23.7 Å². The van der Waals surface area contributed by atoms with Crippen LogP contribution in [-0.2, 0) is 13.0 Å². The number of anilines is 1. The largest absolute Gasteiger partial charge is 0.481 e. The number of alkyl halides is 3. The summed E-state index contributed by atoms with van der Waals surface area (Å²) < 4.78 is 44.1. The Morgan fingerprint density at radius 3 is 2.71 bits per heavy atom. The van der Waals surface area contributed by atoms with Crippen LogP contribution in [0.5, 0.6) is 5.75 Å². The number of aryl methyl sites for hydroxylation is 2. The monoisotopic (exact) mass is 426 g/mol. The summed E-state index contributed by atoms with van der Waals surface area (Å²) in [5.41, 5.74) is 4.32. The Hall–Kier alpha value is -3.35. The lowest BCUT2D eigenvalue weighted by atomic mass is 9.96. The van der Waals surface area contributed by atoms with Gasteiger partial charge in [-0.3, -0.25) is 9.78 Å². The van der Waals surface area contributed by atoms with E-state index in [1.54, 1.807) is 23.1 Å². The molecule has 0 N–H and O–H groups in total. The number of pyridine rings is 1. The van der Waals surface area contributed by atoms with Crippen LogP contribution in [0, 0.1) is 6.92 Å². The van der Waals surface area contributed by atoms with Crippen LogP contribution in [0.25, 0.3) is 17.0 Å². The predicted molar refractivity (Wildman–Crippen MR) is 114 cm³/mol. The molecule has 4 nitrogen and oxygen atoms in total. The van der Waals surface area contributed by atoms with Crippen LogP contribution in [0.3, 0.4) is 0 Å². The zero-order valence-electron chi connectivity index (χ0n) is 17.2.